The number of nitrogen functional groups attached to an aromatic ring is 1. The minimum Gasteiger partial charge on any atom is -0.507 e. The zero-order valence-corrected chi connectivity index (χ0v) is 13.8. The summed E-state index contributed by atoms with van der Waals surface area (Å²) in [5, 5.41) is 9.81. The van der Waals surface area contributed by atoms with E-state index in [0.717, 1.165) is 8.95 Å². The van der Waals surface area contributed by atoms with Gasteiger partial charge in [-0.3, -0.25) is 4.79 Å². The molecule has 0 aliphatic carbocycles. The summed E-state index contributed by atoms with van der Waals surface area (Å²) in [5.74, 6) is -0.404. The molecule has 0 saturated heterocycles. The Balaban J connectivity index is 2.40. The van der Waals surface area contributed by atoms with Gasteiger partial charge in [0, 0.05) is 16.0 Å². The smallest absolute Gasteiger partial charge is 0.261 e. The summed E-state index contributed by atoms with van der Waals surface area (Å²) in [6.45, 7) is 0. The van der Waals surface area contributed by atoms with E-state index in [4.69, 9.17) is 5.73 Å². The molecular weight excluding hydrogens is 388 g/mol. The highest BCUT2D eigenvalue weighted by molar-refractivity contribution is 9.10. The van der Waals surface area contributed by atoms with E-state index in [0.29, 0.717) is 11.4 Å². The van der Waals surface area contributed by atoms with Gasteiger partial charge in [0.15, 0.2) is 0 Å². The highest BCUT2D eigenvalue weighted by atomic mass is 79.9. The second-order valence-corrected chi connectivity index (χ2v) is 6.06. The lowest BCUT2D eigenvalue weighted by molar-refractivity contribution is 0.0990. The topological polar surface area (TPSA) is 66.6 Å². The Kier molecular flexibility index (Phi) is 4.35. The number of halogens is 2. The number of carbonyl (C=O) groups is 1. The van der Waals surface area contributed by atoms with Gasteiger partial charge in [-0.05, 0) is 36.4 Å². The van der Waals surface area contributed by atoms with Crippen molar-refractivity contribution in [2.75, 3.05) is 17.7 Å². The summed E-state index contributed by atoms with van der Waals surface area (Å²) in [6, 6.07) is 9.97. The predicted octanol–water partition coefficient (Wildman–Crippen LogP) is 3.78. The van der Waals surface area contributed by atoms with Crippen molar-refractivity contribution in [1.29, 1.82) is 0 Å². The monoisotopic (exact) mass is 398 g/mol. The molecule has 3 N–H and O–H groups in total. The van der Waals surface area contributed by atoms with Crippen molar-refractivity contribution in [1.82, 2.24) is 0 Å². The van der Waals surface area contributed by atoms with Crippen LogP contribution in [0.5, 0.6) is 5.75 Å². The molecule has 0 bridgehead atoms. The zero-order chi connectivity index (χ0) is 14.9. The van der Waals surface area contributed by atoms with Crippen LogP contribution in [0, 0.1) is 0 Å². The van der Waals surface area contributed by atoms with Gasteiger partial charge in [-0.25, -0.2) is 0 Å². The Morgan fingerprint density at radius 2 is 1.75 bits per heavy atom. The molecule has 1 amide bonds. The van der Waals surface area contributed by atoms with E-state index in [-0.39, 0.29) is 17.2 Å². The van der Waals surface area contributed by atoms with Gasteiger partial charge < -0.3 is 15.7 Å². The second-order valence-electron chi connectivity index (χ2n) is 4.23. The molecule has 0 spiro atoms. The van der Waals surface area contributed by atoms with E-state index in [1.165, 1.54) is 11.0 Å². The van der Waals surface area contributed by atoms with E-state index in [2.05, 4.69) is 31.9 Å². The second kappa shape index (κ2) is 5.85. The molecule has 0 unspecified atom stereocenters. The number of rotatable bonds is 2. The number of phenols is 1. The molecule has 0 aliphatic heterocycles. The van der Waals surface area contributed by atoms with Gasteiger partial charge in [-0.15, -0.1) is 0 Å². The van der Waals surface area contributed by atoms with E-state index in [9.17, 15) is 9.90 Å². The zero-order valence-electron chi connectivity index (χ0n) is 10.6. The molecule has 6 heteroatoms. The van der Waals surface area contributed by atoms with Crippen LogP contribution < -0.4 is 10.6 Å². The van der Waals surface area contributed by atoms with Gasteiger partial charge in [0.25, 0.3) is 5.91 Å². The van der Waals surface area contributed by atoms with Crippen molar-refractivity contribution in [2.45, 2.75) is 0 Å². The molecule has 0 aliphatic rings. The Morgan fingerprint density at radius 1 is 1.15 bits per heavy atom. The van der Waals surface area contributed by atoms with Gasteiger partial charge in [0.1, 0.15) is 5.75 Å². The molecule has 0 atom stereocenters. The molecule has 2 aromatic rings. The minimum absolute atomic E-state index is 0.0688. The van der Waals surface area contributed by atoms with Crippen molar-refractivity contribution in [3.8, 4) is 5.75 Å². The third-order valence-electron chi connectivity index (χ3n) is 2.84. The van der Waals surface area contributed by atoms with Crippen LogP contribution in [0.15, 0.2) is 45.3 Å². The maximum atomic E-state index is 12.4. The maximum Gasteiger partial charge on any atom is 0.261 e. The van der Waals surface area contributed by atoms with E-state index in [1.54, 1.807) is 37.4 Å². The SMILES string of the molecule is CN(C(=O)c1cc(Br)ccc1O)c1ccc(Br)cc1N. The number of carbonyl (C=O) groups excluding carboxylic acids is 1. The molecule has 2 rings (SSSR count). The van der Waals surface area contributed by atoms with Gasteiger partial charge >= 0.3 is 0 Å². The van der Waals surface area contributed by atoms with Crippen LogP contribution in [0.2, 0.25) is 0 Å². The number of amides is 1. The standard InChI is InChI=1S/C14H12Br2N2O2/c1-18(12-4-2-9(16)7-11(12)17)14(20)10-6-8(15)3-5-13(10)19/h2-7,19H,17H2,1H3. The van der Waals surface area contributed by atoms with Crippen LogP contribution in [0.25, 0.3) is 0 Å². The Labute approximate surface area is 133 Å². The van der Waals surface area contributed by atoms with E-state index in [1.807, 2.05) is 0 Å². The summed E-state index contributed by atoms with van der Waals surface area (Å²) < 4.78 is 1.56. The highest BCUT2D eigenvalue weighted by Crippen LogP contribution is 2.29. The Bertz CT molecular complexity index is 674. The van der Waals surface area contributed by atoms with Gasteiger partial charge in [-0.1, -0.05) is 31.9 Å². The number of aromatic hydroxyl groups is 1. The van der Waals surface area contributed by atoms with Gasteiger partial charge in [0.05, 0.1) is 16.9 Å². The lowest BCUT2D eigenvalue weighted by Crippen LogP contribution is -2.27. The van der Waals surface area contributed by atoms with Gasteiger partial charge in [-0.2, -0.15) is 0 Å². The number of hydrogen-bond donors (Lipinski definition) is 2. The number of benzene rings is 2. The van der Waals surface area contributed by atoms with Crippen LogP contribution in [0.4, 0.5) is 11.4 Å². The van der Waals surface area contributed by atoms with Crippen molar-refractivity contribution in [3.05, 3.63) is 50.9 Å². The number of hydrogen-bond acceptors (Lipinski definition) is 3. The molecule has 0 radical (unpaired) electrons. The third-order valence-corrected chi connectivity index (χ3v) is 3.83. The first-order chi connectivity index (χ1) is 9.40. The third kappa shape index (κ3) is 2.96. The van der Waals surface area contributed by atoms with Crippen molar-refractivity contribution < 1.29 is 9.90 Å². The predicted molar refractivity (Wildman–Crippen MR) is 87.1 cm³/mol. The van der Waals surface area contributed by atoms with Crippen LogP contribution in [-0.2, 0) is 0 Å². The first kappa shape index (κ1) is 14.9. The summed E-state index contributed by atoms with van der Waals surface area (Å²) >= 11 is 6.60. The van der Waals surface area contributed by atoms with Crippen LogP contribution in [0.1, 0.15) is 10.4 Å². The molecule has 2 aromatic carbocycles. The maximum absolute atomic E-state index is 12.4. The van der Waals surface area contributed by atoms with Gasteiger partial charge in [0.2, 0.25) is 0 Å². The molecular formula is C14H12Br2N2O2. The van der Waals surface area contributed by atoms with E-state index >= 15 is 0 Å². The Morgan fingerprint density at radius 3 is 2.40 bits per heavy atom. The number of anilines is 2. The normalized spacial score (nSPS) is 10.3. The number of phenolic OH excluding ortho intramolecular Hbond substituents is 1. The quantitative estimate of drug-likeness (QED) is 0.755. The summed E-state index contributed by atoms with van der Waals surface area (Å²) in [5.41, 5.74) is 7.18. The lowest BCUT2D eigenvalue weighted by Gasteiger charge is -2.20. The number of nitrogens with zero attached hydrogens (tertiary/aromatic N) is 1. The average molecular weight is 400 g/mol. The molecule has 0 fully saturated rings. The summed E-state index contributed by atoms with van der Waals surface area (Å²) in [7, 11) is 1.61. The van der Waals surface area contributed by atoms with Crippen LogP contribution >= 0.6 is 31.9 Å². The highest BCUT2D eigenvalue weighted by Gasteiger charge is 2.19. The number of nitrogens with two attached hydrogens (primary N) is 1. The lowest BCUT2D eigenvalue weighted by atomic mass is 10.1. The summed E-state index contributed by atoms with van der Waals surface area (Å²) in [4.78, 5) is 13.8. The average Bonchev–Trinajstić information content (AvgIpc) is 2.40. The minimum atomic E-state index is -0.335. The first-order valence-electron chi connectivity index (χ1n) is 5.71. The van der Waals surface area contributed by atoms with Crippen molar-refractivity contribution >= 4 is 49.1 Å². The fourth-order valence-corrected chi connectivity index (χ4v) is 2.54. The van der Waals surface area contributed by atoms with Crippen LogP contribution in [-0.4, -0.2) is 18.1 Å². The fourth-order valence-electron chi connectivity index (χ4n) is 1.80. The fraction of sp³-hybridized carbons (Fsp3) is 0.0714. The largest absolute Gasteiger partial charge is 0.507 e. The first-order valence-corrected chi connectivity index (χ1v) is 7.30. The molecule has 4 nitrogen and oxygen atoms in total. The molecule has 0 aromatic heterocycles. The Hall–Kier alpha value is -1.53. The van der Waals surface area contributed by atoms with E-state index < -0.39 is 0 Å². The molecule has 20 heavy (non-hydrogen) atoms. The molecule has 0 heterocycles. The molecule has 0 saturated carbocycles. The summed E-state index contributed by atoms with van der Waals surface area (Å²) in [6.07, 6.45) is 0. The molecule has 104 valence electrons. The van der Waals surface area contributed by atoms with Crippen LogP contribution in [0.3, 0.4) is 0 Å². The van der Waals surface area contributed by atoms with Crippen molar-refractivity contribution in [2.24, 2.45) is 0 Å². The van der Waals surface area contributed by atoms with Crippen molar-refractivity contribution in [3.63, 3.8) is 0 Å².